The van der Waals surface area contributed by atoms with Crippen molar-refractivity contribution in [1.82, 2.24) is 5.48 Å². The molecule has 0 aromatic rings. The molecule has 0 aromatic carbocycles. The van der Waals surface area contributed by atoms with Gasteiger partial charge in [0, 0.05) is 6.04 Å². The number of rotatable bonds is 5. The Balaban J connectivity index is 1.44. The van der Waals surface area contributed by atoms with Crippen molar-refractivity contribution in [1.29, 1.82) is 0 Å². The zero-order valence-electron chi connectivity index (χ0n) is 8.87. The quantitative estimate of drug-likeness (QED) is 0.681. The Kier molecular flexibility index (Phi) is 2.50. The molecule has 0 saturated heterocycles. The van der Waals surface area contributed by atoms with Gasteiger partial charge in [-0.05, 0) is 50.4 Å². The van der Waals surface area contributed by atoms with E-state index in [9.17, 15) is 0 Å². The minimum absolute atomic E-state index is 0.523. The molecule has 0 bridgehead atoms. The van der Waals surface area contributed by atoms with Crippen molar-refractivity contribution >= 4 is 0 Å². The highest BCUT2D eigenvalue weighted by atomic mass is 16.7. The Morgan fingerprint density at radius 3 is 1.93 bits per heavy atom. The predicted octanol–water partition coefficient (Wildman–Crippen LogP) is 2.64. The highest BCUT2D eigenvalue weighted by Crippen LogP contribution is 2.44. The third-order valence-corrected chi connectivity index (χ3v) is 3.93. The summed E-state index contributed by atoms with van der Waals surface area (Å²) in [5, 5.41) is 0. The lowest BCUT2D eigenvalue weighted by atomic mass is 10.1. The van der Waals surface area contributed by atoms with Gasteiger partial charge in [0.25, 0.3) is 0 Å². The van der Waals surface area contributed by atoms with Gasteiger partial charge >= 0.3 is 0 Å². The van der Waals surface area contributed by atoms with E-state index in [4.69, 9.17) is 4.84 Å². The predicted molar refractivity (Wildman–Crippen MR) is 55.7 cm³/mol. The Bertz CT molecular complexity index is 180. The minimum Gasteiger partial charge on any atom is -0.298 e. The smallest absolute Gasteiger partial charge is 0.0790 e. The van der Waals surface area contributed by atoms with Crippen LogP contribution >= 0.6 is 0 Å². The van der Waals surface area contributed by atoms with Crippen molar-refractivity contribution in [2.75, 3.05) is 0 Å². The van der Waals surface area contributed by atoms with Crippen molar-refractivity contribution in [3.05, 3.63) is 0 Å². The zero-order chi connectivity index (χ0) is 9.38. The lowest BCUT2D eigenvalue weighted by molar-refractivity contribution is -0.0481. The lowest BCUT2D eigenvalue weighted by Gasteiger charge is -2.20. The minimum atomic E-state index is 0.523. The molecule has 0 heterocycles. The maximum atomic E-state index is 5.82. The monoisotopic (exact) mass is 195 g/mol. The highest BCUT2D eigenvalue weighted by Gasteiger charge is 2.41. The molecule has 1 N–H and O–H groups in total. The summed E-state index contributed by atoms with van der Waals surface area (Å²) < 4.78 is 0. The van der Waals surface area contributed by atoms with E-state index in [1.54, 1.807) is 0 Å². The van der Waals surface area contributed by atoms with Gasteiger partial charge in [0.05, 0.1) is 6.10 Å². The molecular formula is C12H21NO. The van der Waals surface area contributed by atoms with E-state index in [0.29, 0.717) is 12.1 Å². The van der Waals surface area contributed by atoms with E-state index < -0.39 is 0 Å². The summed E-state index contributed by atoms with van der Waals surface area (Å²) >= 11 is 0. The third kappa shape index (κ3) is 2.12. The summed E-state index contributed by atoms with van der Waals surface area (Å²) in [4.78, 5) is 5.82. The molecule has 3 saturated carbocycles. The van der Waals surface area contributed by atoms with Crippen LogP contribution in [-0.4, -0.2) is 12.1 Å². The van der Waals surface area contributed by atoms with Gasteiger partial charge in [-0.25, -0.2) is 0 Å². The molecule has 0 aliphatic heterocycles. The fourth-order valence-corrected chi connectivity index (χ4v) is 2.67. The zero-order valence-corrected chi connectivity index (χ0v) is 8.87. The van der Waals surface area contributed by atoms with Gasteiger partial charge in [-0.3, -0.25) is 4.84 Å². The SMILES string of the molecule is C1CCC(ONC(C2CC2)C2CC2)C1. The average molecular weight is 195 g/mol. The first-order valence-electron chi connectivity index (χ1n) is 6.34. The molecule has 14 heavy (non-hydrogen) atoms. The summed E-state index contributed by atoms with van der Waals surface area (Å²) in [5.74, 6) is 1.90. The van der Waals surface area contributed by atoms with E-state index in [1.165, 1.54) is 51.4 Å². The Morgan fingerprint density at radius 1 is 0.857 bits per heavy atom. The molecule has 3 rings (SSSR count). The molecular weight excluding hydrogens is 174 g/mol. The highest BCUT2D eigenvalue weighted by molar-refractivity contribution is 4.94. The van der Waals surface area contributed by atoms with Crippen LogP contribution in [-0.2, 0) is 4.84 Å². The van der Waals surface area contributed by atoms with Gasteiger partial charge in [0.2, 0.25) is 0 Å². The van der Waals surface area contributed by atoms with E-state index in [-0.39, 0.29) is 0 Å². The fraction of sp³-hybridized carbons (Fsp3) is 1.00. The van der Waals surface area contributed by atoms with Crippen LogP contribution in [0.25, 0.3) is 0 Å². The first-order valence-corrected chi connectivity index (χ1v) is 6.34. The van der Waals surface area contributed by atoms with Crippen LogP contribution < -0.4 is 5.48 Å². The van der Waals surface area contributed by atoms with E-state index in [1.807, 2.05) is 0 Å². The Hall–Kier alpha value is -0.0800. The first kappa shape index (κ1) is 9.17. The molecule has 0 atom stereocenters. The third-order valence-electron chi connectivity index (χ3n) is 3.93. The van der Waals surface area contributed by atoms with Gasteiger partial charge in [0.1, 0.15) is 0 Å². The summed E-state index contributed by atoms with van der Waals surface area (Å²) in [6.07, 6.45) is 11.5. The molecule has 3 fully saturated rings. The molecule has 0 radical (unpaired) electrons. The normalized spacial score (nSPS) is 28.9. The lowest BCUT2D eigenvalue weighted by Crippen LogP contribution is -2.35. The largest absolute Gasteiger partial charge is 0.298 e. The number of hydrogen-bond donors (Lipinski definition) is 1. The molecule has 0 amide bonds. The van der Waals surface area contributed by atoms with Crippen LogP contribution in [0.4, 0.5) is 0 Å². The Labute approximate surface area is 86.4 Å². The summed E-state index contributed by atoms with van der Waals surface area (Å²) in [7, 11) is 0. The van der Waals surface area contributed by atoms with Gasteiger partial charge in [-0.2, -0.15) is 5.48 Å². The standard InChI is InChI=1S/C12H21NO/c1-2-4-11(3-1)14-13-12(9-5-6-9)10-7-8-10/h9-13H,1-8H2. The molecule has 3 aliphatic carbocycles. The van der Waals surface area contributed by atoms with Gasteiger partial charge in [-0.1, -0.05) is 12.8 Å². The summed E-state index contributed by atoms with van der Waals surface area (Å²) in [5.41, 5.74) is 3.39. The van der Waals surface area contributed by atoms with Crippen molar-refractivity contribution in [3.8, 4) is 0 Å². The van der Waals surface area contributed by atoms with Crippen molar-refractivity contribution in [2.45, 2.75) is 63.5 Å². The van der Waals surface area contributed by atoms with Gasteiger partial charge < -0.3 is 0 Å². The topological polar surface area (TPSA) is 21.3 Å². The van der Waals surface area contributed by atoms with Crippen LogP contribution in [0.3, 0.4) is 0 Å². The number of nitrogens with one attached hydrogen (secondary N) is 1. The summed E-state index contributed by atoms with van der Waals surface area (Å²) in [6.45, 7) is 0. The van der Waals surface area contributed by atoms with Crippen LogP contribution in [0.2, 0.25) is 0 Å². The molecule has 80 valence electrons. The fourth-order valence-electron chi connectivity index (χ4n) is 2.67. The maximum Gasteiger partial charge on any atom is 0.0790 e. The van der Waals surface area contributed by atoms with Crippen LogP contribution in [0.15, 0.2) is 0 Å². The van der Waals surface area contributed by atoms with E-state index >= 15 is 0 Å². The first-order chi connectivity index (χ1) is 6.93. The van der Waals surface area contributed by atoms with Gasteiger partial charge in [0.15, 0.2) is 0 Å². The number of hydroxylamine groups is 1. The molecule has 2 heteroatoms. The Morgan fingerprint density at radius 2 is 1.43 bits per heavy atom. The molecule has 0 unspecified atom stereocenters. The van der Waals surface area contributed by atoms with E-state index in [2.05, 4.69) is 5.48 Å². The van der Waals surface area contributed by atoms with Crippen LogP contribution in [0.5, 0.6) is 0 Å². The van der Waals surface area contributed by atoms with Crippen LogP contribution in [0.1, 0.15) is 51.4 Å². The van der Waals surface area contributed by atoms with Crippen molar-refractivity contribution in [2.24, 2.45) is 11.8 Å². The van der Waals surface area contributed by atoms with Crippen LogP contribution in [0, 0.1) is 11.8 Å². The van der Waals surface area contributed by atoms with Crippen molar-refractivity contribution in [3.63, 3.8) is 0 Å². The molecule has 3 aliphatic rings. The number of hydrogen-bond acceptors (Lipinski definition) is 2. The van der Waals surface area contributed by atoms with Crippen molar-refractivity contribution < 1.29 is 4.84 Å². The molecule has 0 spiro atoms. The summed E-state index contributed by atoms with van der Waals surface area (Å²) in [6, 6.07) is 0.704. The second-order valence-electron chi connectivity index (χ2n) is 5.34. The maximum absolute atomic E-state index is 5.82. The average Bonchev–Trinajstić information content (AvgIpc) is 3.09. The second-order valence-corrected chi connectivity index (χ2v) is 5.34. The van der Waals surface area contributed by atoms with E-state index in [0.717, 1.165) is 11.8 Å². The molecule has 2 nitrogen and oxygen atoms in total. The van der Waals surface area contributed by atoms with Gasteiger partial charge in [-0.15, -0.1) is 0 Å². The second kappa shape index (κ2) is 3.82. The molecule has 0 aromatic heterocycles.